The van der Waals surface area contributed by atoms with Gasteiger partial charge in [-0.05, 0) is 37.5 Å². The zero-order valence-corrected chi connectivity index (χ0v) is 31.1. The molecule has 4 atom stereocenters. The number of carbonyl (C=O) groups excluding carboxylic acids is 3. The van der Waals surface area contributed by atoms with Gasteiger partial charge in [-0.15, -0.1) is 0 Å². The molecule has 6 rings (SSSR count). The number of piperazine rings is 1. The topological polar surface area (TPSA) is 149 Å². The van der Waals surface area contributed by atoms with Crippen molar-refractivity contribution in [2.75, 3.05) is 36.8 Å². The summed E-state index contributed by atoms with van der Waals surface area (Å²) in [7, 11) is 0. The number of rotatable bonds is 7. The number of nitrogens with zero attached hydrogens (tertiary/aromatic N) is 4. The smallest absolute Gasteiger partial charge is 0.545 e. The quantitative estimate of drug-likeness (QED) is 0.170. The molecule has 3 aliphatic heterocycles. The Balaban J connectivity index is 0.00000230. The molecule has 0 unspecified atom stereocenters. The fourth-order valence-corrected chi connectivity index (χ4v) is 7.99. The van der Waals surface area contributed by atoms with Gasteiger partial charge in [-0.1, -0.05) is 30.9 Å². The van der Waals surface area contributed by atoms with Crippen LogP contribution in [0.25, 0.3) is 10.9 Å². The Morgan fingerprint density at radius 3 is 2.31 bits per heavy atom. The first kappa shape index (κ1) is 36.3. The van der Waals surface area contributed by atoms with Gasteiger partial charge in [0, 0.05) is 55.5 Å². The molecule has 228 valence electrons. The summed E-state index contributed by atoms with van der Waals surface area (Å²) in [6.07, 6.45) is 2.07. The van der Waals surface area contributed by atoms with Crippen molar-refractivity contribution < 1.29 is 93.2 Å². The zero-order valence-electron chi connectivity index (χ0n) is 25.4. The van der Waals surface area contributed by atoms with Gasteiger partial charge in [0.25, 0.3) is 0 Å². The minimum Gasteiger partial charge on any atom is -0.545 e. The van der Waals surface area contributed by atoms with E-state index in [-0.39, 0.29) is 87.9 Å². The fraction of sp³-hybridized carbons (Fsp3) is 0.483. The second kappa shape index (κ2) is 13.9. The maximum absolute atomic E-state index is 15.3. The third-order valence-corrected chi connectivity index (χ3v) is 10.6. The number of carboxylic acid groups (broad SMARTS) is 2. The minimum atomic E-state index is -1.59. The summed E-state index contributed by atoms with van der Waals surface area (Å²) >= 11 is 6.95. The number of anilines is 1. The number of aliphatic carboxylic acids is 1. The molecule has 2 aromatic rings. The van der Waals surface area contributed by atoms with Crippen molar-refractivity contribution in [3.05, 3.63) is 51.2 Å². The largest absolute Gasteiger partial charge is 1.00 e. The number of hydrogen-bond acceptors (Lipinski definition) is 10. The number of β-lactam (4-membered cyclic amide) rings is 1. The molecule has 1 aromatic heterocycles. The second-order valence-electron chi connectivity index (χ2n) is 11.6. The number of carboxylic acids is 2. The van der Waals surface area contributed by atoms with Crippen LogP contribution in [0.15, 0.2) is 34.4 Å². The number of fused-ring (bicyclic) bond motifs is 2. The average molecular weight is 675 g/mol. The molecule has 4 heterocycles. The maximum atomic E-state index is 15.3. The van der Waals surface area contributed by atoms with Gasteiger partial charge >= 0.3 is 59.1 Å². The Kier molecular flexibility index (Phi) is 11.3. The van der Waals surface area contributed by atoms with Gasteiger partial charge in [-0.3, -0.25) is 9.59 Å². The van der Waals surface area contributed by atoms with Gasteiger partial charge in [0.15, 0.2) is 5.43 Å². The summed E-state index contributed by atoms with van der Waals surface area (Å²) in [5, 5.41) is 33.5. The van der Waals surface area contributed by atoms with E-state index in [2.05, 4.69) is 0 Å². The third-order valence-electron chi connectivity index (χ3n) is 9.00. The SMILES string of the molecule is C[C@@H](O)[C@@H]1C(=O)N2C(C(=O)[O-])=C(CSC(=S)N3CCN(c4cc5c(cc4F)c(=O)c(C(=O)[O-])cn5C4CC4)CC3)[C@H](C)[C@H]12.[Na+].[Na+]. The Hall–Kier alpha value is -1.49. The number of carbonyl (C=O) groups is 3. The number of halogens is 1. The van der Waals surface area contributed by atoms with E-state index in [0.717, 1.165) is 18.9 Å². The molecule has 1 saturated carbocycles. The van der Waals surface area contributed by atoms with Crippen LogP contribution < -0.4 is 79.7 Å². The predicted molar refractivity (Wildman–Crippen MR) is 157 cm³/mol. The Morgan fingerprint density at radius 2 is 1.76 bits per heavy atom. The van der Waals surface area contributed by atoms with Crippen molar-refractivity contribution in [1.29, 1.82) is 0 Å². The van der Waals surface area contributed by atoms with Crippen LogP contribution >= 0.6 is 24.0 Å². The van der Waals surface area contributed by atoms with E-state index in [1.807, 2.05) is 16.7 Å². The van der Waals surface area contributed by atoms with E-state index in [1.165, 1.54) is 29.8 Å². The van der Waals surface area contributed by atoms with Gasteiger partial charge in [-0.2, -0.15) is 0 Å². The average Bonchev–Trinajstić information content (AvgIpc) is 3.76. The first-order chi connectivity index (χ1) is 20.4. The van der Waals surface area contributed by atoms with Gasteiger partial charge in [-0.25, -0.2) is 4.39 Å². The molecular formula is C29H29FN4Na2O7S2. The second-order valence-corrected chi connectivity index (χ2v) is 13.2. The Morgan fingerprint density at radius 1 is 1.11 bits per heavy atom. The summed E-state index contributed by atoms with van der Waals surface area (Å²) in [5.41, 5.74) is -0.0530. The van der Waals surface area contributed by atoms with Crippen molar-refractivity contribution in [3.8, 4) is 0 Å². The number of aliphatic hydroxyl groups excluding tert-OH is 1. The van der Waals surface area contributed by atoms with Gasteiger partial charge in [0.05, 0.1) is 52.5 Å². The minimum absolute atomic E-state index is 0. The number of pyridine rings is 1. The maximum Gasteiger partial charge on any atom is 1.00 e. The number of thioether (sulfide) groups is 1. The van der Waals surface area contributed by atoms with Crippen LogP contribution in [-0.4, -0.2) is 85.7 Å². The standard InChI is InChI=1S/C29H31FN4O7S2.2Na/c1-13-18(24(28(40)41)34-23(13)22(14(2)35)26(34)37)12-43-29(42)32-7-5-31(6-8-32)21-10-20-16(9-19(21)30)25(36)17(27(38)39)11-33(20)15-3-4-15;;/h9-11,13-15,22-23,35H,3-8,12H2,1-2H3,(H,38,39)(H,40,41);;/q;2*+1/p-2/t13-,14+,22-,23+;;/m0../s1. The molecule has 45 heavy (non-hydrogen) atoms. The van der Waals surface area contributed by atoms with Crippen molar-refractivity contribution in [1.82, 2.24) is 14.4 Å². The van der Waals surface area contributed by atoms with E-state index in [0.29, 0.717) is 47.3 Å². The zero-order chi connectivity index (χ0) is 30.9. The van der Waals surface area contributed by atoms with Crippen LogP contribution in [0.3, 0.4) is 0 Å². The molecule has 3 fully saturated rings. The number of amides is 1. The Labute approximate surface area is 312 Å². The van der Waals surface area contributed by atoms with Crippen LogP contribution in [-0.2, 0) is 9.59 Å². The molecule has 0 radical (unpaired) electrons. The van der Waals surface area contributed by atoms with E-state index >= 15 is 4.39 Å². The molecule has 1 aromatic carbocycles. The summed E-state index contributed by atoms with van der Waals surface area (Å²) < 4.78 is 17.6. The molecular weight excluding hydrogens is 645 g/mol. The number of aromatic nitrogens is 1. The molecule has 4 aliphatic rings. The summed E-state index contributed by atoms with van der Waals surface area (Å²) in [6.45, 7) is 5.17. The van der Waals surface area contributed by atoms with E-state index in [4.69, 9.17) is 12.2 Å². The van der Waals surface area contributed by atoms with Crippen molar-refractivity contribution >= 4 is 62.7 Å². The van der Waals surface area contributed by atoms with Crippen LogP contribution in [0.5, 0.6) is 0 Å². The number of benzene rings is 1. The first-order valence-electron chi connectivity index (χ1n) is 14.1. The molecule has 0 spiro atoms. The van der Waals surface area contributed by atoms with E-state index in [9.17, 15) is 34.5 Å². The molecule has 16 heteroatoms. The molecule has 2 saturated heterocycles. The van der Waals surface area contributed by atoms with Gasteiger partial charge in [0.2, 0.25) is 5.91 Å². The summed E-state index contributed by atoms with van der Waals surface area (Å²) in [6, 6.07) is 2.33. The van der Waals surface area contributed by atoms with Gasteiger partial charge < -0.3 is 44.2 Å². The molecule has 0 bridgehead atoms. The monoisotopic (exact) mass is 674 g/mol. The van der Waals surface area contributed by atoms with E-state index in [1.54, 1.807) is 10.6 Å². The number of aromatic carboxylic acids is 1. The fourth-order valence-electron chi connectivity index (χ4n) is 6.59. The van der Waals surface area contributed by atoms with Crippen LogP contribution in [0.2, 0.25) is 0 Å². The van der Waals surface area contributed by atoms with Crippen molar-refractivity contribution in [2.24, 2.45) is 11.8 Å². The van der Waals surface area contributed by atoms with Crippen LogP contribution in [0.1, 0.15) is 43.1 Å². The number of hydrogen-bond donors (Lipinski definition) is 1. The normalized spacial score (nSPS) is 23.2. The Bertz CT molecular complexity index is 1670. The van der Waals surface area contributed by atoms with Crippen molar-refractivity contribution in [3.63, 3.8) is 0 Å². The molecule has 1 amide bonds. The summed E-state index contributed by atoms with van der Waals surface area (Å²) in [5.74, 6) is -4.74. The van der Waals surface area contributed by atoms with Gasteiger partial charge in [0.1, 0.15) is 10.1 Å². The molecule has 1 N–H and O–H groups in total. The van der Waals surface area contributed by atoms with Crippen LogP contribution in [0, 0.1) is 17.7 Å². The van der Waals surface area contributed by atoms with E-state index < -0.39 is 52.7 Å². The molecule has 1 aliphatic carbocycles. The first-order valence-corrected chi connectivity index (χ1v) is 15.5. The summed E-state index contributed by atoms with van der Waals surface area (Å²) in [4.78, 5) is 53.8. The van der Waals surface area contributed by atoms with Crippen molar-refractivity contribution in [2.45, 2.75) is 44.9 Å². The molecule has 11 nitrogen and oxygen atoms in total. The third kappa shape index (κ3) is 6.39. The van der Waals surface area contributed by atoms with Crippen LogP contribution in [0.4, 0.5) is 10.1 Å². The predicted octanol–water partition coefficient (Wildman–Crippen LogP) is -6.15. The number of thiocarbonyl (C=S) groups is 1. The number of aliphatic hydroxyl groups is 1.